The van der Waals surface area contributed by atoms with E-state index in [1.165, 1.54) is 69.4 Å². The Bertz CT molecular complexity index is 475. The Kier molecular flexibility index (Phi) is 4.25. The Hall–Kier alpha value is -1.03. The van der Waals surface area contributed by atoms with Crippen molar-refractivity contribution in [3.8, 4) is 0 Å². The molecule has 4 heteroatoms. The third-order valence-corrected chi connectivity index (χ3v) is 5.75. The maximum absolute atomic E-state index is 5.79. The molecule has 0 unspecified atom stereocenters. The summed E-state index contributed by atoms with van der Waals surface area (Å²) in [5.41, 5.74) is 8.97. The molecule has 21 heavy (non-hydrogen) atoms. The molecular formula is C17H30N4. The summed E-state index contributed by atoms with van der Waals surface area (Å²) in [4.78, 5) is 2.56. The lowest BCUT2D eigenvalue weighted by molar-refractivity contribution is 0.143. The van der Waals surface area contributed by atoms with Gasteiger partial charge in [-0.2, -0.15) is 5.10 Å². The van der Waals surface area contributed by atoms with Gasteiger partial charge in [0.15, 0.2) is 0 Å². The highest BCUT2D eigenvalue weighted by atomic mass is 15.4. The number of nitrogens with two attached hydrogens (primary N) is 1. The summed E-state index contributed by atoms with van der Waals surface area (Å²) >= 11 is 0. The van der Waals surface area contributed by atoms with Crippen molar-refractivity contribution in [2.75, 3.05) is 24.5 Å². The zero-order valence-electron chi connectivity index (χ0n) is 13.7. The SMILES string of the molecule is Cc1nn(C)c(N2CCC3(CCCCC3)CC2)c1CCN. The fourth-order valence-electron chi connectivity index (χ4n) is 4.52. The first-order chi connectivity index (χ1) is 10.2. The Morgan fingerprint density at radius 2 is 1.76 bits per heavy atom. The van der Waals surface area contributed by atoms with Crippen LogP contribution in [0.2, 0.25) is 0 Å². The van der Waals surface area contributed by atoms with E-state index in [1.54, 1.807) is 0 Å². The molecule has 0 bridgehead atoms. The van der Waals surface area contributed by atoms with E-state index in [-0.39, 0.29) is 0 Å². The van der Waals surface area contributed by atoms with Crippen molar-refractivity contribution in [2.24, 2.45) is 18.2 Å². The lowest BCUT2D eigenvalue weighted by Gasteiger charge is -2.45. The summed E-state index contributed by atoms with van der Waals surface area (Å²) in [5.74, 6) is 1.32. The van der Waals surface area contributed by atoms with E-state index in [0.717, 1.165) is 12.1 Å². The molecule has 3 rings (SSSR count). The number of aromatic nitrogens is 2. The van der Waals surface area contributed by atoms with Crippen molar-refractivity contribution in [1.82, 2.24) is 9.78 Å². The highest BCUT2D eigenvalue weighted by Gasteiger charge is 2.36. The van der Waals surface area contributed by atoms with Crippen molar-refractivity contribution in [2.45, 2.75) is 58.3 Å². The van der Waals surface area contributed by atoms with Gasteiger partial charge < -0.3 is 10.6 Å². The molecule has 0 radical (unpaired) electrons. The molecular weight excluding hydrogens is 260 g/mol. The molecule has 1 aromatic heterocycles. The molecule has 1 saturated heterocycles. The van der Waals surface area contributed by atoms with E-state index in [1.807, 2.05) is 0 Å². The second-order valence-corrected chi connectivity index (χ2v) is 7.10. The average Bonchev–Trinajstić information content (AvgIpc) is 2.76. The van der Waals surface area contributed by atoms with Crippen LogP contribution in [0.5, 0.6) is 0 Å². The highest BCUT2D eigenvalue weighted by Crippen LogP contribution is 2.45. The predicted molar refractivity (Wildman–Crippen MR) is 87.7 cm³/mol. The van der Waals surface area contributed by atoms with Crippen LogP contribution < -0.4 is 10.6 Å². The van der Waals surface area contributed by atoms with Crippen molar-refractivity contribution >= 4 is 5.82 Å². The van der Waals surface area contributed by atoms with Gasteiger partial charge in [0.2, 0.25) is 0 Å². The predicted octanol–water partition coefficient (Wildman–Crippen LogP) is 2.78. The number of rotatable bonds is 3. The molecule has 2 N–H and O–H groups in total. The molecule has 2 heterocycles. The smallest absolute Gasteiger partial charge is 0.130 e. The maximum atomic E-state index is 5.79. The molecule has 1 aromatic rings. The standard InChI is InChI=1S/C17H30N4/c1-14-15(6-11-18)16(20(2)19-14)21-12-9-17(10-13-21)7-4-3-5-8-17/h3-13,18H2,1-2H3. The topological polar surface area (TPSA) is 47.1 Å². The van der Waals surface area contributed by atoms with Gasteiger partial charge in [0, 0.05) is 25.7 Å². The van der Waals surface area contributed by atoms with Crippen LogP contribution in [0.4, 0.5) is 5.82 Å². The lowest BCUT2D eigenvalue weighted by Crippen LogP contribution is -2.42. The molecule has 118 valence electrons. The van der Waals surface area contributed by atoms with Crippen LogP contribution in [0.1, 0.15) is 56.2 Å². The van der Waals surface area contributed by atoms with E-state index in [2.05, 4.69) is 28.7 Å². The number of hydrogen-bond acceptors (Lipinski definition) is 3. The van der Waals surface area contributed by atoms with Crippen molar-refractivity contribution in [1.29, 1.82) is 0 Å². The van der Waals surface area contributed by atoms with Crippen LogP contribution in [0.3, 0.4) is 0 Å². The van der Waals surface area contributed by atoms with E-state index < -0.39 is 0 Å². The van der Waals surface area contributed by atoms with Gasteiger partial charge in [-0.15, -0.1) is 0 Å². The first-order valence-electron chi connectivity index (χ1n) is 8.63. The van der Waals surface area contributed by atoms with Crippen LogP contribution in [0.25, 0.3) is 0 Å². The summed E-state index contributed by atoms with van der Waals surface area (Å²) < 4.78 is 2.07. The molecule has 2 fully saturated rings. The quantitative estimate of drug-likeness (QED) is 0.931. The lowest BCUT2D eigenvalue weighted by atomic mass is 9.68. The summed E-state index contributed by atoms with van der Waals surface area (Å²) in [6, 6.07) is 0. The maximum Gasteiger partial charge on any atom is 0.130 e. The number of piperidine rings is 1. The molecule has 0 aromatic carbocycles. The molecule has 1 aliphatic carbocycles. The highest BCUT2D eigenvalue weighted by molar-refractivity contribution is 5.50. The summed E-state index contributed by atoms with van der Waals surface area (Å²) in [6.07, 6.45) is 10.9. The Morgan fingerprint density at radius 1 is 1.10 bits per heavy atom. The Morgan fingerprint density at radius 3 is 2.38 bits per heavy atom. The average molecular weight is 290 g/mol. The molecule has 4 nitrogen and oxygen atoms in total. The Labute approximate surface area is 128 Å². The van der Waals surface area contributed by atoms with Crippen LogP contribution in [0, 0.1) is 12.3 Å². The van der Waals surface area contributed by atoms with Crippen LogP contribution in [-0.4, -0.2) is 29.4 Å². The van der Waals surface area contributed by atoms with E-state index >= 15 is 0 Å². The van der Waals surface area contributed by atoms with Gasteiger partial charge in [0.05, 0.1) is 5.69 Å². The van der Waals surface area contributed by atoms with Crippen molar-refractivity contribution in [3.63, 3.8) is 0 Å². The van der Waals surface area contributed by atoms with E-state index in [4.69, 9.17) is 5.73 Å². The number of nitrogens with zero attached hydrogens (tertiary/aromatic N) is 3. The molecule has 0 atom stereocenters. The minimum Gasteiger partial charge on any atom is -0.357 e. The molecule has 0 amide bonds. The normalized spacial score (nSPS) is 22.0. The molecule has 2 aliphatic rings. The molecule has 1 aliphatic heterocycles. The fourth-order valence-corrected chi connectivity index (χ4v) is 4.52. The van der Waals surface area contributed by atoms with E-state index in [9.17, 15) is 0 Å². The second-order valence-electron chi connectivity index (χ2n) is 7.10. The fraction of sp³-hybridized carbons (Fsp3) is 0.824. The third-order valence-electron chi connectivity index (χ3n) is 5.75. The van der Waals surface area contributed by atoms with Gasteiger partial charge in [-0.05, 0) is 51.0 Å². The monoisotopic (exact) mass is 290 g/mol. The van der Waals surface area contributed by atoms with Gasteiger partial charge in [-0.25, -0.2) is 0 Å². The zero-order valence-corrected chi connectivity index (χ0v) is 13.7. The Balaban J connectivity index is 1.74. The van der Waals surface area contributed by atoms with Gasteiger partial charge in [0.25, 0.3) is 0 Å². The van der Waals surface area contributed by atoms with Gasteiger partial charge in [-0.1, -0.05) is 19.3 Å². The number of anilines is 1. The number of aryl methyl sites for hydroxylation is 2. The van der Waals surface area contributed by atoms with Crippen molar-refractivity contribution in [3.05, 3.63) is 11.3 Å². The van der Waals surface area contributed by atoms with Crippen LogP contribution >= 0.6 is 0 Å². The van der Waals surface area contributed by atoms with Crippen molar-refractivity contribution < 1.29 is 0 Å². The van der Waals surface area contributed by atoms with Gasteiger partial charge in [0.1, 0.15) is 5.82 Å². The number of hydrogen-bond donors (Lipinski definition) is 1. The van der Waals surface area contributed by atoms with Crippen LogP contribution in [-0.2, 0) is 13.5 Å². The second kappa shape index (κ2) is 5.99. The zero-order chi connectivity index (χ0) is 14.9. The van der Waals surface area contributed by atoms with Gasteiger partial charge >= 0.3 is 0 Å². The minimum absolute atomic E-state index is 0.663. The van der Waals surface area contributed by atoms with Gasteiger partial charge in [-0.3, -0.25) is 4.68 Å². The third kappa shape index (κ3) is 2.83. The first kappa shape index (κ1) is 14.9. The largest absolute Gasteiger partial charge is 0.357 e. The summed E-state index contributed by atoms with van der Waals surface area (Å²) in [5, 5.41) is 4.63. The molecule has 1 saturated carbocycles. The van der Waals surface area contributed by atoms with E-state index in [0.29, 0.717) is 12.0 Å². The summed E-state index contributed by atoms with van der Waals surface area (Å²) in [6.45, 7) is 5.20. The minimum atomic E-state index is 0.663. The summed E-state index contributed by atoms with van der Waals surface area (Å²) in [7, 11) is 2.08. The van der Waals surface area contributed by atoms with Crippen LogP contribution in [0.15, 0.2) is 0 Å². The first-order valence-corrected chi connectivity index (χ1v) is 8.63. The molecule has 1 spiro atoms.